The zero-order valence-electron chi connectivity index (χ0n) is 15.8. The van der Waals surface area contributed by atoms with Crippen LogP contribution < -0.4 is 5.32 Å². The smallest absolute Gasteiger partial charge is 0.253 e. The maximum Gasteiger partial charge on any atom is 0.253 e. The van der Waals surface area contributed by atoms with Crippen LogP contribution in [0.4, 0.5) is 0 Å². The van der Waals surface area contributed by atoms with Crippen LogP contribution in [0, 0.1) is 0 Å². The van der Waals surface area contributed by atoms with Crippen molar-refractivity contribution in [3.63, 3.8) is 0 Å². The summed E-state index contributed by atoms with van der Waals surface area (Å²) in [4.78, 5) is 26.1. The first-order chi connectivity index (χ1) is 13.3. The third kappa shape index (κ3) is 4.26. The molecule has 2 amide bonds. The number of amides is 2. The van der Waals surface area contributed by atoms with E-state index in [1.807, 2.05) is 0 Å². The average Bonchev–Trinajstić information content (AvgIpc) is 3.38. The molecule has 9 heteroatoms. The molecule has 0 radical (unpaired) electrons. The minimum absolute atomic E-state index is 0.0871. The van der Waals surface area contributed by atoms with Crippen molar-refractivity contribution in [2.75, 3.05) is 20.6 Å². The number of sulfonamides is 1. The molecule has 1 fully saturated rings. The molecule has 1 N–H and O–H groups in total. The van der Waals surface area contributed by atoms with E-state index in [0.717, 1.165) is 16.9 Å². The lowest BCUT2D eigenvalue weighted by Crippen LogP contribution is -2.45. The normalized spacial score (nSPS) is 17.4. The lowest BCUT2D eigenvalue weighted by molar-refractivity contribution is -0.124. The zero-order valence-corrected chi connectivity index (χ0v) is 17.4. The molecule has 0 unspecified atom stereocenters. The third-order valence-corrected chi connectivity index (χ3v) is 7.92. The quantitative estimate of drug-likeness (QED) is 0.772. The molecule has 28 heavy (non-hydrogen) atoms. The van der Waals surface area contributed by atoms with E-state index >= 15 is 0 Å². The highest BCUT2D eigenvalue weighted by atomic mass is 32.2. The highest BCUT2D eigenvalue weighted by molar-refractivity contribution is 7.91. The minimum Gasteiger partial charge on any atom is -0.351 e. The molecule has 0 saturated carbocycles. The van der Waals surface area contributed by atoms with E-state index in [9.17, 15) is 18.0 Å². The van der Waals surface area contributed by atoms with Crippen LogP contribution in [-0.4, -0.2) is 56.1 Å². The molecule has 1 saturated heterocycles. The van der Waals surface area contributed by atoms with Crippen molar-refractivity contribution in [3.8, 4) is 0 Å². The maximum absolute atomic E-state index is 12.8. The summed E-state index contributed by atoms with van der Waals surface area (Å²) in [5.41, 5.74) is 1.42. The highest BCUT2D eigenvalue weighted by Crippen LogP contribution is 2.28. The number of benzene rings is 1. The van der Waals surface area contributed by atoms with Gasteiger partial charge in [0.05, 0.1) is 0 Å². The molecule has 2 heterocycles. The molecule has 1 aliphatic rings. The van der Waals surface area contributed by atoms with Gasteiger partial charge in [-0.25, -0.2) is 8.42 Å². The summed E-state index contributed by atoms with van der Waals surface area (Å²) in [7, 11) is -0.270. The Hall–Kier alpha value is -2.23. The third-order valence-electron chi connectivity index (χ3n) is 4.64. The molecule has 2 aromatic rings. The standard InChI is InChI=1S/C19H23N3O4S2/c1-21(2)19(24)15-9-7-14(8-10-15)13-20-18(23)16-5-3-11-22(16)28(25,26)17-6-4-12-27-17/h4,6-10,12,16H,3,5,11,13H2,1-2H3,(H,20,23)/t16-/m1/s1. The van der Waals surface area contributed by atoms with Gasteiger partial charge in [0, 0.05) is 32.7 Å². The molecule has 0 aliphatic carbocycles. The van der Waals surface area contributed by atoms with Gasteiger partial charge in [-0.3, -0.25) is 9.59 Å². The van der Waals surface area contributed by atoms with Crippen molar-refractivity contribution < 1.29 is 18.0 Å². The molecular weight excluding hydrogens is 398 g/mol. The van der Waals surface area contributed by atoms with Crippen LogP contribution in [0.2, 0.25) is 0 Å². The van der Waals surface area contributed by atoms with Crippen LogP contribution >= 0.6 is 11.3 Å². The molecule has 0 spiro atoms. The Morgan fingerprint density at radius 2 is 1.93 bits per heavy atom. The Kier molecular flexibility index (Phi) is 6.17. The second-order valence-corrected chi connectivity index (χ2v) is 9.89. The Morgan fingerprint density at radius 3 is 2.54 bits per heavy atom. The van der Waals surface area contributed by atoms with Crippen molar-refractivity contribution in [3.05, 3.63) is 52.9 Å². The molecule has 3 rings (SSSR count). The van der Waals surface area contributed by atoms with E-state index in [1.165, 1.54) is 9.21 Å². The van der Waals surface area contributed by atoms with Crippen molar-refractivity contribution >= 4 is 33.2 Å². The van der Waals surface area contributed by atoms with Gasteiger partial charge in [0.2, 0.25) is 5.91 Å². The largest absolute Gasteiger partial charge is 0.351 e. The molecule has 1 aliphatic heterocycles. The van der Waals surface area contributed by atoms with Gasteiger partial charge in [0.1, 0.15) is 10.3 Å². The van der Waals surface area contributed by atoms with E-state index in [-0.39, 0.29) is 22.6 Å². The van der Waals surface area contributed by atoms with Crippen LogP contribution in [0.15, 0.2) is 46.0 Å². The number of carbonyl (C=O) groups is 2. The summed E-state index contributed by atoms with van der Waals surface area (Å²) in [5.74, 6) is -0.387. The average molecular weight is 422 g/mol. The lowest BCUT2D eigenvalue weighted by atomic mass is 10.1. The van der Waals surface area contributed by atoms with Crippen molar-refractivity contribution in [2.24, 2.45) is 0 Å². The minimum atomic E-state index is -3.65. The maximum atomic E-state index is 12.8. The Bertz CT molecular complexity index is 938. The number of rotatable bonds is 6. The summed E-state index contributed by atoms with van der Waals surface area (Å²) in [6.45, 7) is 0.623. The van der Waals surface area contributed by atoms with Crippen molar-refractivity contribution in [1.82, 2.24) is 14.5 Å². The van der Waals surface area contributed by atoms with E-state index in [2.05, 4.69) is 5.32 Å². The SMILES string of the molecule is CN(C)C(=O)c1ccc(CNC(=O)[C@H]2CCCN2S(=O)(=O)c2cccs2)cc1. The van der Waals surface area contributed by atoms with Crippen LogP contribution in [0.5, 0.6) is 0 Å². The summed E-state index contributed by atoms with van der Waals surface area (Å²) >= 11 is 1.15. The summed E-state index contributed by atoms with van der Waals surface area (Å²) in [5, 5.41) is 4.53. The van der Waals surface area contributed by atoms with E-state index in [0.29, 0.717) is 24.9 Å². The fraction of sp³-hybridized carbons (Fsp3) is 0.368. The monoisotopic (exact) mass is 421 g/mol. The van der Waals surface area contributed by atoms with Gasteiger partial charge in [0.25, 0.3) is 15.9 Å². The number of hydrogen-bond acceptors (Lipinski definition) is 5. The number of nitrogens with one attached hydrogen (secondary N) is 1. The van der Waals surface area contributed by atoms with Gasteiger partial charge in [-0.2, -0.15) is 4.31 Å². The first-order valence-electron chi connectivity index (χ1n) is 8.94. The highest BCUT2D eigenvalue weighted by Gasteiger charge is 2.39. The second-order valence-electron chi connectivity index (χ2n) is 6.82. The zero-order chi connectivity index (χ0) is 20.3. The molecule has 7 nitrogen and oxygen atoms in total. The lowest BCUT2D eigenvalue weighted by Gasteiger charge is -2.22. The Labute approximate surface area is 169 Å². The number of nitrogens with zero attached hydrogens (tertiary/aromatic N) is 2. The van der Waals surface area contributed by atoms with E-state index < -0.39 is 16.1 Å². The van der Waals surface area contributed by atoms with Gasteiger partial charge in [-0.15, -0.1) is 11.3 Å². The van der Waals surface area contributed by atoms with Gasteiger partial charge < -0.3 is 10.2 Å². The van der Waals surface area contributed by atoms with Crippen LogP contribution in [0.1, 0.15) is 28.8 Å². The number of thiophene rings is 1. The van der Waals surface area contributed by atoms with Crippen molar-refractivity contribution in [1.29, 1.82) is 0 Å². The molecule has 0 bridgehead atoms. The summed E-state index contributed by atoms with van der Waals surface area (Å²) in [6, 6.07) is 9.55. The van der Waals surface area contributed by atoms with Gasteiger partial charge >= 0.3 is 0 Å². The number of carbonyl (C=O) groups excluding carboxylic acids is 2. The summed E-state index contributed by atoms with van der Waals surface area (Å²) < 4.78 is 27.1. The molecular formula is C19H23N3O4S2. The first kappa shape index (κ1) is 20.5. The predicted octanol–water partition coefficient (Wildman–Crippen LogP) is 1.92. The molecule has 150 valence electrons. The molecule has 1 aromatic heterocycles. The van der Waals surface area contributed by atoms with Crippen LogP contribution in [0.3, 0.4) is 0 Å². The fourth-order valence-electron chi connectivity index (χ4n) is 3.15. The summed E-state index contributed by atoms with van der Waals surface area (Å²) in [6.07, 6.45) is 1.16. The Morgan fingerprint density at radius 1 is 1.21 bits per heavy atom. The predicted molar refractivity (Wildman–Crippen MR) is 108 cm³/mol. The fourth-order valence-corrected chi connectivity index (χ4v) is 5.92. The van der Waals surface area contributed by atoms with Crippen LogP contribution in [-0.2, 0) is 21.4 Å². The molecule has 1 atom stereocenters. The topological polar surface area (TPSA) is 86.8 Å². The van der Waals surface area contributed by atoms with Gasteiger partial charge in [-0.1, -0.05) is 18.2 Å². The van der Waals surface area contributed by atoms with Crippen molar-refractivity contribution in [2.45, 2.75) is 29.6 Å². The van der Waals surface area contributed by atoms with Gasteiger partial charge in [0.15, 0.2) is 0 Å². The van der Waals surface area contributed by atoms with E-state index in [4.69, 9.17) is 0 Å². The second kappa shape index (κ2) is 8.42. The first-order valence-corrected chi connectivity index (χ1v) is 11.3. The molecule has 1 aromatic carbocycles. The Balaban J connectivity index is 1.64. The number of hydrogen-bond donors (Lipinski definition) is 1. The van der Waals surface area contributed by atoms with E-state index in [1.54, 1.807) is 55.9 Å². The van der Waals surface area contributed by atoms with Gasteiger partial charge in [-0.05, 0) is 42.0 Å². The van der Waals surface area contributed by atoms with Crippen LogP contribution in [0.25, 0.3) is 0 Å².